The highest BCUT2D eigenvalue weighted by Crippen LogP contribution is 2.40. The molecule has 2 heterocycles. The van der Waals surface area contributed by atoms with Crippen LogP contribution in [0.1, 0.15) is 32.8 Å². The summed E-state index contributed by atoms with van der Waals surface area (Å²) < 4.78 is 22.4. The molecule has 3 aromatic rings. The summed E-state index contributed by atoms with van der Waals surface area (Å²) >= 11 is 0. The Morgan fingerprint density at radius 3 is 2.29 bits per heavy atom. The van der Waals surface area contributed by atoms with E-state index in [4.69, 9.17) is 18.6 Å². The van der Waals surface area contributed by atoms with Gasteiger partial charge in [0.05, 0.1) is 27.6 Å². The molecule has 1 amide bonds. The molecule has 0 N–H and O–H groups in total. The highest BCUT2D eigenvalue weighted by molar-refractivity contribution is 6.00. The molecule has 1 saturated heterocycles. The monoisotopic (exact) mass is 463 g/mol. The number of benzene rings is 2. The molecular weight excluding hydrogens is 430 g/mol. The molecule has 0 spiro atoms. The summed E-state index contributed by atoms with van der Waals surface area (Å²) in [6.45, 7) is 7.97. The highest BCUT2D eigenvalue weighted by Gasteiger charge is 2.25. The van der Waals surface area contributed by atoms with E-state index in [9.17, 15) is 4.79 Å². The average molecular weight is 464 g/mol. The van der Waals surface area contributed by atoms with Crippen LogP contribution < -0.4 is 14.2 Å². The van der Waals surface area contributed by atoms with E-state index in [0.29, 0.717) is 34.7 Å². The second-order valence-corrected chi connectivity index (χ2v) is 9.28. The van der Waals surface area contributed by atoms with Crippen molar-refractivity contribution in [2.45, 2.75) is 27.2 Å². The highest BCUT2D eigenvalue weighted by atomic mass is 16.5. The Kier molecular flexibility index (Phi) is 6.87. The summed E-state index contributed by atoms with van der Waals surface area (Å²) in [4.78, 5) is 15.0. The number of furan rings is 1. The number of ether oxygens (including phenoxy) is 3. The largest absolute Gasteiger partial charge is 0.496 e. The van der Waals surface area contributed by atoms with Gasteiger partial charge in [0.15, 0.2) is 11.5 Å². The summed E-state index contributed by atoms with van der Waals surface area (Å²) in [5, 5.41) is 0.934. The maximum atomic E-state index is 13.1. The molecular formula is C28H33NO5. The van der Waals surface area contributed by atoms with E-state index in [2.05, 4.69) is 13.8 Å². The first kappa shape index (κ1) is 23.7. The number of carbonyl (C=O) groups excluding carboxylic acids is 1. The SMILES string of the molecule is COc1ccc(-c2coc3cc(OC)c(/C(C)=C/C(=O)N4CC(C)CC(C)C4)cc23)cc1OC. The van der Waals surface area contributed by atoms with Gasteiger partial charge in [-0.3, -0.25) is 4.79 Å². The molecule has 1 aliphatic rings. The summed E-state index contributed by atoms with van der Waals surface area (Å²) in [5.41, 5.74) is 4.31. The number of nitrogens with zero attached hydrogens (tertiary/aromatic N) is 1. The van der Waals surface area contributed by atoms with Gasteiger partial charge in [0.1, 0.15) is 11.3 Å². The van der Waals surface area contributed by atoms with E-state index in [0.717, 1.165) is 47.2 Å². The number of likely N-dealkylation sites (tertiary alicyclic amines) is 1. The van der Waals surface area contributed by atoms with Crippen LogP contribution in [0.4, 0.5) is 0 Å². The molecule has 4 rings (SSSR count). The number of fused-ring (bicyclic) bond motifs is 1. The number of amides is 1. The van der Waals surface area contributed by atoms with E-state index in [1.165, 1.54) is 0 Å². The van der Waals surface area contributed by atoms with Gasteiger partial charge in [-0.25, -0.2) is 0 Å². The Balaban J connectivity index is 1.73. The lowest BCUT2D eigenvalue weighted by molar-refractivity contribution is -0.128. The zero-order chi connectivity index (χ0) is 24.4. The Morgan fingerprint density at radius 1 is 0.971 bits per heavy atom. The quantitative estimate of drug-likeness (QED) is 0.418. The molecule has 1 aliphatic heterocycles. The van der Waals surface area contributed by atoms with Gasteiger partial charge in [-0.1, -0.05) is 19.9 Å². The minimum atomic E-state index is 0.0466. The maximum absolute atomic E-state index is 13.1. The van der Waals surface area contributed by atoms with E-state index in [-0.39, 0.29) is 5.91 Å². The molecule has 1 aromatic heterocycles. The molecule has 2 aromatic carbocycles. The lowest BCUT2D eigenvalue weighted by Crippen LogP contribution is -2.41. The molecule has 0 bridgehead atoms. The minimum absolute atomic E-state index is 0.0466. The molecule has 0 aliphatic carbocycles. The number of hydrogen-bond acceptors (Lipinski definition) is 5. The third-order valence-corrected chi connectivity index (χ3v) is 6.54. The molecule has 0 saturated carbocycles. The first-order valence-electron chi connectivity index (χ1n) is 11.6. The number of methoxy groups -OCH3 is 3. The van der Waals surface area contributed by atoms with Gasteiger partial charge in [-0.15, -0.1) is 0 Å². The van der Waals surface area contributed by atoms with Crippen LogP contribution in [0.5, 0.6) is 17.2 Å². The van der Waals surface area contributed by atoms with Crippen molar-refractivity contribution in [2.24, 2.45) is 11.8 Å². The van der Waals surface area contributed by atoms with Gasteiger partial charge in [0, 0.05) is 41.7 Å². The van der Waals surface area contributed by atoms with Gasteiger partial charge in [0.25, 0.3) is 0 Å². The smallest absolute Gasteiger partial charge is 0.246 e. The third-order valence-electron chi connectivity index (χ3n) is 6.54. The standard InChI is InChI=1S/C28H33NO5/c1-17-9-18(2)15-29(14-17)28(30)10-19(3)21-12-22-23(16-34-26(22)13-25(21)32-5)20-7-8-24(31-4)27(11-20)33-6/h7-8,10-13,16-18H,9,14-15H2,1-6H3/b19-10+. The summed E-state index contributed by atoms with van der Waals surface area (Å²) in [6, 6.07) is 9.69. The van der Waals surface area contributed by atoms with Gasteiger partial charge in [-0.05, 0) is 54.5 Å². The topological polar surface area (TPSA) is 61.1 Å². The van der Waals surface area contributed by atoms with Crippen LogP contribution in [0.15, 0.2) is 47.1 Å². The van der Waals surface area contributed by atoms with Gasteiger partial charge in [0.2, 0.25) is 5.91 Å². The van der Waals surface area contributed by atoms with Gasteiger partial charge < -0.3 is 23.5 Å². The second-order valence-electron chi connectivity index (χ2n) is 9.28. The first-order chi connectivity index (χ1) is 16.3. The zero-order valence-electron chi connectivity index (χ0n) is 20.8. The van der Waals surface area contributed by atoms with Crippen LogP contribution in [0, 0.1) is 11.8 Å². The Labute approximate surface area is 201 Å². The van der Waals surface area contributed by atoms with E-state index in [1.54, 1.807) is 33.7 Å². The Hall–Kier alpha value is -3.41. The molecule has 6 nitrogen and oxygen atoms in total. The lowest BCUT2D eigenvalue weighted by atomic mass is 9.91. The molecule has 34 heavy (non-hydrogen) atoms. The van der Waals surface area contributed by atoms with Crippen LogP contribution in [0.25, 0.3) is 27.7 Å². The lowest BCUT2D eigenvalue weighted by Gasteiger charge is -2.34. The molecule has 2 unspecified atom stereocenters. The fourth-order valence-electron chi connectivity index (χ4n) is 4.96. The van der Waals surface area contributed by atoms with E-state index >= 15 is 0 Å². The maximum Gasteiger partial charge on any atom is 0.246 e. The van der Waals surface area contributed by atoms with E-state index < -0.39 is 0 Å². The van der Waals surface area contributed by atoms with Gasteiger partial charge >= 0.3 is 0 Å². The molecule has 6 heteroatoms. The van der Waals surface area contributed by atoms with Crippen molar-refractivity contribution in [3.8, 4) is 28.4 Å². The summed E-state index contributed by atoms with van der Waals surface area (Å²) in [5.74, 6) is 3.06. The normalized spacial score (nSPS) is 18.8. The van der Waals surface area contributed by atoms with Crippen LogP contribution in [0.2, 0.25) is 0 Å². The third kappa shape index (κ3) is 4.63. The van der Waals surface area contributed by atoms with Crippen LogP contribution >= 0.6 is 0 Å². The Bertz CT molecular complexity index is 1220. The minimum Gasteiger partial charge on any atom is -0.496 e. The fraction of sp³-hybridized carbons (Fsp3) is 0.393. The number of piperidine rings is 1. The number of hydrogen-bond donors (Lipinski definition) is 0. The van der Waals surface area contributed by atoms with Crippen molar-refractivity contribution < 1.29 is 23.4 Å². The van der Waals surface area contributed by atoms with Crippen LogP contribution in [-0.4, -0.2) is 45.2 Å². The van der Waals surface area contributed by atoms with Crippen molar-refractivity contribution in [1.29, 1.82) is 0 Å². The predicted molar refractivity (Wildman–Crippen MR) is 134 cm³/mol. The fourth-order valence-corrected chi connectivity index (χ4v) is 4.96. The number of rotatable bonds is 6. The predicted octanol–water partition coefficient (Wildman–Crippen LogP) is 6.03. The number of carbonyl (C=O) groups is 1. The van der Waals surface area contributed by atoms with Crippen molar-refractivity contribution >= 4 is 22.4 Å². The molecule has 180 valence electrons. The summed E-state index contributed by atoms with van der Waals surface area (Å²) in [7, 11) is 4.87. The summed E-state index contributed by atoms with van der Waals surface area (Å²) in [6.07, 6.45) is 4.62. The second kappa shape index (κ2) is 9.84. The van der Waals surface area contributed by atoms with E-state index in [1.807, 2.05) is 42.2 Å². The number of allylic oxidation sites excluding steroid dienone is 1. The molecule has 0 radical (unpaired) electrons. The van der Waals surface area contributed by atoms with Crippen molar-refractivity contribution in [3.63, 3.8) is 0 Å². The van der Waals surface area contributed by atoms with Gasteiger partial charge in [-0.2, -0.15) is 0 Å². The molecule has 1 fully saturated rings. The average Bonchev–Trinajstić information content (AvgIpc) is 3.24. The van der Waals surface area contributed by atoms with Crippen molar-refractivity contribution in [1.82, 2.24) is 4.90 Å². The van der Waals surface area contributed by atoms with Crippen molar-refractivity contribution in [3.05, 3.63) is 48.2 Å². The van der Waals surface area contributed by atoms with Crippen molar-refractivity contribution in [2.75, 3.05) is 34.4 Å². The first-order valence-corrected chi connectivity index (χ1v) is 11.6. The Morgan fingerprint density at radius 2 is 1.65 bits per heavy atom. The molecule has 2 atom stereocenters. The van der Waals surface area contributed by atoms with Crippen LogP contribution in [0.3, 0.4) is 0 Å². The van der Waals surface area contributed by atoms with Crippen LogP contribution in [-0.2, 0) is 4.79 Å². The zero-order valence-corrected chi connectivity index (χ0v) is 20.8.